The lowest BCUT2D eigenvalue weighted by Gasteiger charge is -2.31. The largest absolute Gasteiger partial charge is 0.383 e. The van der Waals surface area contributed by atoms with E-state index in [1.807, 2.05) is 11.8 Å². The molecular formula is C16H27FN2O3S2. The molecule has 2 amide bonds. The molecule has 1 aliphatic carbocycles. The van der Waals surface area contributed by atoms with Crippen molar-refractivity contribution in [1.29, 1.82) is 0 Å². The summed E-state index contributed by atoms with van der Waals surface area (Å²) >= 11 is 3.51. The van der Waals surface area contributed by atoms with E-state index in [4.69, 9.17) is 4.74 Å². The molecule has 1 N–H and O–H groups in total. The SMILES string of the molecule is COCCN(CCNC(=O)C1CSCCS1)C(=O)CC1CC(F)C1. The van der Waals surface area contributed by atoms with Crippen molar-refractivity contribution >= 4 is 35.3 Å². The molecule has 1 saturated heterocycles. The summed E-state index contributed by atoms with van der Waals surface area (Å²) in [6.07, 6.45) is 0.655. The Morgan fingerprint density at radius 3 is 2.71 bits per heavy atom. The molecule has 0 radical (unpaired) electrons. The molecule has 2 rings (SSSR count). The van der Waals surface area contributed by atoms with Crippen LogP contribution < -0.4 is 5.32 Å². The Labute approximate surface area is 151 Å². The van der Waals surface area contributed by atoms with Crippen LogP contribution in [0.3, 0.4) is 0 Å². The van der Waals surface area contributed by atoms with Crippen molar-refractivity contribution < 1.29 is 18.7 Å². The highest BCUT2D eigenvalue weighted by Crippen LogP contribution is 2.33. The maximum absolute atomic E-state index is 12.9. The number of nitrogens with one attached hydrogen (secondary N) is 1. The van der Waals surface area contributed by atoms with Crippen LogP contribution in [-0.2, 0) is 14.3 Å². The van der Waals surface area contributed by atoms with Crippen LogP contribution in [0.5, 0.6) is 0 Å². The number of carbonyl (C=O) groups excluding carboxylic acids is 2. The van der Waals surface area contributed by atoms with Gasteiger partial charge in [0.1, 0.15) is 6.17 Å². The summed E-state index contributed by atoms with van der Waals surface area (Å²) < 4.78 is 18.0. The minimum Gasteiger partial charge on any atom is -0.383 e. The van der Waals surface area contributed by atoms with Crippen LogP contribution in [0.2, 0.25) is 0 Å². The first-order chi connectivity index (χ1) is 11.6. The van der Waals surface area contributed by atoms with E-state index < -0.39 is 6.17 Å². The van der Waals surface area contributed by atoms with Gasteiger partial charge in [-0.15, -0.1) is 11.8 Å². The fraction of sp³-hybridized carbons (Fsp3) is 0.875. The number of nitrogens with zero attached hydrogens (tertiary/aromatic N) is 1. The molecular weight excluding hydrogens is 351 g/mol. The molecule has 138 valence electrons. The van der Waals surface area contributed by atoms with Crippen LogP contribution in [0.25, 0.3) is 0 Å². The molecule has 1 heterocycles. The zero-order chi connectivity index (χ0) is 17.4. The fourth-order valence-corrected chi connectivity index (χ4v) is 5.41. The molecule has 0 aromatic carbocycles. The summed E-state index contributed by atoms with van der Waals surface area (Å²) in [7, 11) is 1.60. The van der Waals surface area contributed by atoms with Crippen LogP contribution >= 0.6 is 23.5 Å². The van der Waals surface area contributed by atoms with Gasteiger partial charge in [-0.3, -0.25) is 9.59 Å². The van der Waals surface area contributed by atoms with E-state index in [-0.39, 0.29) is 23.0 Å². The van der Waals surface area contributed by atoms with Crippen molar-refractivity contribution in [1.82, 2.24) is 10.2 Å². The molecule has 0 aromatic rings. The van der Waals surface area contributed by atoms with Crippen molar-refractivity contribution in [2.24, 2.45) is 5.92 Å². The van der Waals surface area contributed by atoms with Gasteiger partial charge in [0.2, 0.25) is 11.8 Å². The molecule has 1 saturated carbocycles. The van der Waals surface area contributed by atoms with Gasteiger partial charge in [-0.1, -0.05) is 0 Å². The molecule has 0 spiro atoms. The predicted molar refractivity (Wildman–Crippen MR) is 97.3 cm³/mol. The third-order valence-electron chi connectivity index (χ3n) is 4.35. The lowest BCUT2D eigenvalue weighted by atomic mass is 9.81. The third kappa shape index (κ3) is 6.44. The van der Waals surface area contributed by atoms with Gasteiger partial charge in [0.25, 0.3) is 0 Å². The quantitative estimate of drug-likeness (QED) is 0.660. The average molecular weight is 379 g/mol. The van der Waals surface area contributed by atoms with Crippen LogP contribution in [0.15, 0.2) is 0 Å². The van der Waals surface area contributed by atoms with Gasteiger partial charge in [0.05, 0.1) is 11.9 Å². The van der Waals surface area contributed by atoms with E-state index in [1.165, 1.54) is 0 Å². The number of amides is 2. The van der Waals surface area contributed by atoms with Crippen LogP contribution in [0.4, 0.5) is 4.39 Å². The second kappa shape index (κ2) is 10.5. The Hall–Kier alpha value is -0.470. The Bertz CT molecular complexity index is 416. The van der Waals surface area contributed by atoms with E-state index in [0.29, 0.717) is 45.5 Å². The predicted octanol–water partition coefficient (Wildman–Crippen LogP) is 1.56. The fourth-order valence-electron chi connectivity index (χ4n) is 2.83. The molecule has 5 nitrogen and oxygen atoms in total. The van der Waals surface area contributed by atoms with Crippen LogP contribution in [0, 0.1) is 5.92 Å². The van der Waals surface area contributed by atoms with Gasteiger partial charge in [-0.2, -0.15) is 11.8 Å². The molecule has 0 aromatic heterocycles. The summed E-state index contributed by atoms with van der Waals surface area (Å²) in [5.74, 6) is 3.23. The maximum atomic E-state index is 12.9. The lowest BCUT2D eigenvalue weighted by molar-refractivity contribution is -0.134. The topological polar surface area (TPSA) is 58.6 Å². The lowest BCUT2D eigenvalue weighted by Crippen LogP contribution is -2.44. The summed E-state index contributed by atoms with van der Waals surface area (Å²) in [6.45, 7) is 1.90. The Kier molecular flexibility index (Phi) is 8.69. The Morgan fingerprint density at radius 1 is 1.29 bits per heavy atom. The Balaban J connectivity index is 1.71. The minimum absolute atomic E-state index is 0.0170. The standard InChI is InChI=1S/C16H27FN2O3S2/c1-22-5-4-19(15(20)10-12-8-13(17)9-12)3-2-18-16(21)14-11-23-6-7-24-14/h12-14H,2-11H2,1H3,(H,18,21). The van der Waals surface area contributed by atoms with E-state index in [9.17, 15) is 14.0 Å². The first-order valence-corrected chi connectivity index (χ1v) is 10.7. The molecule has 24 heavy (non-hydrogen) atoms. The first-order valence-electron chi connectivity index (χ1n) is 8.48. The molecule has 1 aliphatic heterocycles. The molecule has 8 heteroatoms. The minimum atomic E-state index is -0.736. The smallest absolute Gasteiger partial charge is 0.234 e. The zero-order valence-corrected chi connectivity index (χ0v) is 15.8. The summed E-state index contributed by atoms with van der Waals surface area (Å²) in [6, 6.07) is 0. The molecule has 0 bridgehead atoms. The van der Waals surface area contributed by atoms with E-state index >= 15 is 0 Å². The molecule has 1 atom stereocenters. The number of hydrogen-bond acceptors (Lipinski definition) is 5. The van der Waals surface area contributed by atoms with Crippen molar-refractivity contribution in [3.8, 4) is 0 Å². The number of methoxy groups -OCH3 is 1. The van der Waals surface area contributed by atoms with Gasteiger partial charge < -0.3 is 15.0 Å². The first kappa shape index (κ1) is 19.8. The van der Waals surface area contributed by atoms with Gasteiger partial charge in [-0.25, -0.2) is 4.39 Å². The van der Waals surface area contributed by atoms with Crippen molar-refractivity contribution in [2.45, 2.75) is 30.7 Å². The monoisotopic (exact) mass is 378 g/mol. The highest BCUT2D eigenvalue weighted by atomic mass is 32.2. The summed E-state index contributed by atoms with van der Waals surface area (Å²) in [4.78, 5) is 26.2. The third-order valence-corrected chi connectivity index (χ3v) is 7.10. The number of halogens is 1. The number of carbonyl (C=O) groups is 2. The Morgan fingerprint density at radius 2 is 2.08 bits per heavy atom. The molecule has 2 fully saturated rings. The van der Waals surface area contributed by atoms with Crippen LogP contribution in [0.1, 0.15) is 19.3 Å². The van der Waals surface area contributed by atoms with Crippen LogP contribution in [-0.4, -0.2) is 78.7 Å². The van der Waals surface area contributed by atoms with Crippen molar-refractivity contribution in [3.05, 3.63) is 0 Å². The van der Waals surface area contributed by atoms with E-state index in [2.05, 4.69) is 5.32 Å². The number of hydrogen-bond donors (Lipinski definition) is 1. The molecule has 1 unspecified atom stereocenters. The second-order valence-corrected chi connectivity index (χ2v) is 8.70. The van der Waals surface area contributed by atoms with Gasteiger partial charge in [0.15, 0.2) is 0 Å². The number of alkyl halides is 1. The second-order valence-electron chi connectivity index (χ2n) is 6.24. The van der Waals surface area contributed by atoms with E-state index in [0.717, 1.165) is 17.3 Å². The zero-order valence-electron chi connectivity index (χ0n) is 14.2. The van der Waals surface area contributed by atoms with Crippen molar-refractivity contribution in [3.63, 3.8) is 0 Å². The highest BCUT2D eigenvalue weighted by Gasteiger charge is 2.31. The number of thioether (sulfide) groups is 2. The normalized spacial score (nSPS) is 26.5. The maximum Gasteiger partial charge on any atom is 0.234 e. The number of rotatable bonds is 9. The summed E-state index contributed by atoms with van der Waals surface area (Å²) in [5.41, 5.74) is 0. The van der Waals surface area contributed by atoms with Gasteiger partial charge in [0, 0.05) is 50.4 Å². The van der Waals surface area contributed by atoms with E-state index in [1.54, 1.807) is 23.8 Å². The molecule has 2 aliphatic rings. The number of ether oxygens (including phenoxy) is 1. The van der Waals surface area contributed by atoms with Gasteiger partial charge >= 0.3 is 0 Å². The average Bonchev–Trinajstić information content (AvgIpc) is 2.57. The highest BCUT2D eigenvalue weighted by molar-refractivity contribution is 8.07. The van der Waals surface area contributed by atoms with Gasteiger partial charge in [-0.05, 0) is 18.8 Å². The summed E-state index contributed by atoms with van der Waals surface area (Å²) in [5, 5.41) is 2.95. The van der Waals surface area contributed by atoms with Crippen molar-refractivity contribution in [2.75, 3.05) is 50.6 Å².